The van der Waals surface area contributed by atoms with Crippen molar-refractivity contribution in [2.24, 2.45) is 0 Å². The molecule has 2 N–H and O–H groups in total. The fourth-order valence-corrected chi connectivity index (χ4v) is 2.56. The second-order valence-corrected chi connectivity index (χ2v) is 5.82. The van der Waals surface area contributed by atoms with Crippen LogP contribution in [0.5, 0.6) is 5.75 Å². The van der Waals surface area contributed by atoms with Crippen molar-refractivity contribution in [3.05, 3.63) is 29.5 Å². The predicted molar refractivity (Wildman–Crippen MR) is 89.5 cm³/mol. The Balaban J connectivity index is 2.04. The van der Waals surface area contributed by atoms with Crippen molar-refractivity contribution in [3.8, 4) is 5.75 Å². The van der Waals surface area contributed by atoms with Crippen LogP contribution < -0.4 is 10.1 Å². The summed E-state index contributed by atoms with van der Waals surface area (Å²) in [6.45, 7) is 3.69. The monoisotopic (exact) mass is 303 g/mol. The highest BCUT2D eigenvalue weighted by molar-refractivity contribution is 5.90. The number of rotatable bonds is 7. The van der Waals surface area contributed by atoms with Crippen LogP contribution in [0.4, 0.5) is 0 Å². The van der Waals surface area contributed by atoms with Gasteiger partial charge >= 0.3 is 0 Å². The SMILES string of the molecule is COc1ccc2[nH]c(C)c(CC(=O)NCCCN(C)C)c2c1. The highest BCUT2D eigenvalue weighted by Crippen LogP contribution is 2.26. The van der Waals surface area contributed by atoms with E-state index in [-0.39, 0.29) is 5.91 Å². The average Bonchev–Trinajstić information content (AvgIpc) is 2.79. The van der Waals surface area contributed by atoms with Gasteiger partial charge in [-0.3, -0.25) is 4.79 Å². The smallest absolute Gasteiger partial charge is 0.224 e. The molecule has 0 aliphatic carbocycles. The molecule has 0 unspecified atom stereocenters. The van der Waals surface area contributed by atoms with Crippen LogP contribution in [0.15, 0.2) is 18.2 Å². The summed E-state index contributed by atoms with van der Waals surface area (Å²) in [5.41, 5.74) is 3.11. The van der Waals surface area contributed by atoms with E-state index in [9.17, 15) is 4.79 Å². The zero-order valence-corrected chi connectivity index (χ0v) is 13.8. The Bertz CT molecular complexity index is 647. The number of benzene rings is 1. The van der Waals surface area contributed by atoms with Crippen molar-refractivity contribution in [1.29, 1.82) is 0 Å². The molecule has 0 radical (unpaired) electrons. The Morgan fingerprint density at radius 3 is 2.82 bits per heavy atom. The van der Waals surface area contributed by atoms with Crippen LogP contribution in [0.3, 0.4) is 0 Å². The van der Waals surface area contributed by atoms with Crippen molar-refractivity contribution < 1.29 is 9.53 Å². The van der Waals surface area contributed by atoms with Gasteiger partial charge in [0.15, 0.2) is 0 Å². The number of ether oxygens (including phenoxy) is 1. The van der Waals surface area contributed by atoms with Gasteiger partial charge in [-0.1, -0.05) is 0 Å². The van der Waals surface area contributed by atoms with Gasteiger partial charge in [0.1, 0.15) is 5.75 Å². The Morgan fingerprint density at radius 2 is 2.14 bits per heavy atom. The molecule has 1 aromatic heterocycles. The number of aromatic amines is 1. The van der Waals surface area contributed by atoms with E-state index in [0.29, 0.717) is 13.0 Å². The summed E-state index contributed by atoms with van der Waals surface area (Å²) < 4.78 is 5.27. The quantitative estimate of drug-likeness (QED) is 0.770. The number of H-pyrrole nitrogens is 1. The van der Waals surface area contributed by atoms with E-state index in [1.54, 1.807) is 7.11 Å². The lowest BCUT2D eigenvalue weighted by Crippen LogP contribution is -2.28. The molecule has 0 saturated carbocycles. The molecule has 22 heavy (non-hydrogen) atoms. The minimum atomic E-state index is 0.0607. The minimum absolute atomic E-state index is 0.0607. The molecule has 0 aliphatic heterocycles. The van der Waals surface area contributed by atoms with Gasteiger partial charge < -0.3 is 19.9 Å². The summed E-state index contributed by atoms with van der Waals surface area (Å²) >= 11 is 0. The van der Waals surface area contributed by atoms with Gasteiger partial charge in [0, 0.05) is 23.1 Å². The number of methoxy groups -OCH3 is 1. The lowest BCUT2D eigenvalue weighted by atomic mass is 10.1. The number of hydrogen-bond acceptors (Lipinski definition) is 3. The molecule has 0 spiro atoms. The van der Waals surface area contributed by atoms with Crippen LogP contribution >= 0.6 is 0 Å². The van der Waals surface area contributed by atoms with E-state index in [0.717, 1.165) is 40.9 Å². The third-order valence-corrected chi connectivity index (χ3v) is 3.77. The van der Waals surface area contributed by atoms with Crippen molar-refractivity contribution in [2.75, 3.05) is 34.3 Å². The fraction of sp³-hybridized carbons (Fsp3) is 0.471. The number of aryl methyl sites for hydroxylation is 1. The van der Waals surface area contributed by atoms with Crippen molar-refractivity contribution in [2.45, 2.75) is 19.8 Å². The van der Waals surface area contributed by atoms with E-state index in [1.165, 1.54) is 0 Å². The maximum atomic E-state index is 12.1. The number of hydrogen-bond donors (Lipinski definition) is 2. The maximum Gasteiger partial charge on any atom is 0.224 e. The lowest BCUT2D eigenvalue weighted by Gasteiger charge is -2.10. The first-order valence-electron chi connectivity index (χ1n) is 7.58. The zero-order chi connectivity index (χ0) is 16.1. The average molecular weight is 303 g/mol. The third kappa shape index (κ3) is 4.01. The molecule has 5 nitrogen and oxygen atoms in total. The van der Waals surface area contributed by atoms with E-state index < -0.39 is 0 Å². The molecule has 0 atom stereocenters. The van der Waals surface area contributed by atoms with E-state index in [2.05, 4.69) is 15.2 Å². The van der Waals surface area contributed by atoms with Gasteiger partial charge in [0.25, 0.3) is 0 Å². The normalized spacial score (nSPS) is 11.1. The van der Waals surface area contributed by atoms with Crippen LogP contribution in [0.25, 0.3) is 10.9 Å². The number of fused-ring (bicyclic) bond motifs is 1. The molecule has 0 saturated heterocycles. The van der Waals surface area contributed by atoms with Gasteiger partial charge in [-0.25, -0.2) is 0 Å². The number of amides is 1. The van der Waals surface area contributed by atoms with Gasteiger partial charge in [0.05, 0.1) is 13.5 Å². The highest BCUT2D eigenvalue weighted by Gasteiger charge is 2.13. The summed E-state index contributed by atoms with van der Waals surface area (Å²) in [4.78, 5) is 17.6. The molecule has 0 bridgehead atoms. The van der Waals surface area contributed by atoms with Crippen molar-refractivity contribution in [3.63, 3.8) is 0 Å². The molecular weight excluding hydrogens is 278 g/mol. The molecule has 0 aliphatic rings. The first-order valence-corrected chi connectivity index (χ1v) is 7.58. The van der Waals surface area contributed by atoms with Crippen LogP contribution in [-0.4, -0.2) is 50.1 Å². The standard InChI is InChI=1S/C17H25N3O2/c1-12-14(11-17(21)18-8-5-9-20(2)3)15-10-13(22-4)6-7-16(15)19-12/h6-7,10,19H,5,8-9,11H2,1-4H3,(H,18,21). The van der Waals surface area contributed by atoms with Gasteiger partial charge in [-0.2, -0.15) is 0 Å². The lowest BCUT2D eigenvalue weighted by molar-refractivity contribution is -0.120. The Kier molecular flexibility index (Phi) is 5.44. The molecule has 1 amide bonds. The molecular formula is C17H25N3O2. The molecule has 2 rings (SSSR count). The van der Waals surface area contributed by atoms with Crippen molar-refractivity contribution in [1.82, 2.24) is 15.2 Å². The van der Waals surface area contributed by atoms with Gasteiger partial charge in [0.2, 0.25) is 5.91 Å². The number of aromatic nitrogens is 1. The third-order valence-electron chi connectivity index (χ3n) is 3.77. The molecule has 2 aromatic rings. The van der Waals surface area contributed by atoms with E-state index in [4.69, 9.17) is 4.74 Å². The maximum absolute atomic E-state index is 12.1. The van der Waals surface area contributed by atoms with Gasteiger partial charge in [-0.05, 0) is 57.7 Å². The summed E-state index contributed by atoms with van der Waals surface area (Å²) in [5.74, 6) is 0.865. The summed E-state index contributed by atoms with van der Waals surface area (Å²) in [7, 11) is 5.72. The first kappa shape index (κ1) is 16.4. The van der Waals surface area contributed by atoms with Crippen LogP contribution in [0.2, 0.25) is 0 Å². The highest BCUT2D eigenvalue weighted by atomic mass is 16.5. The first-order chi connectivity index (χ1) is 10.5. The second kappa shape index (κ2) is 7.31. The summed E-state index contributed by atoms with van der Waals surface area (Å²) in [6.07, 6.45) is 1.35. The Hall–Kier alpha value is -2.01. The summed E-state index contributed by atoms with van der Waals surface area (Å²) in [6, 6.07) is 5.89. The molecule has 120 valence electrons. The largest absolute Gasteiger partial charge is 0.497 e. The molecule has 5 heteroatoms. The predicted octanol–water partition coefficient (Wildman–Crippen LogP) is 2.10. The fourth-order valence-electron chi connectivity index (χ4n) is 2.56. The van der Waals surface area contributed by atoms with E-state index >= 15 is 0 Å². The number of nitrogens with zero attached hydrogens (tertiary/aromatic N) is 1. The van der Waals surface area contributed by atoms with Crippen LogP contribution in [0, 0.1) is 6.92 Å². The Morgan fingerprint density at radius 1 is 1.36 bits per heavy atom. The number of nitrogens with one attached hydrogen (secondary N) is 2. The zero-order valence-electron chi connectivity index (χ0n) is 13.8. The minimum Gasteiger partial charge on any atom is -0.497 e. The number of carbonyl (C=O) groups is 1. The van der Waals surface area contributed by atoms with E-state index in [1.807, 2.05) is 39.2 Å². The molecule has 1 aromatic carbocycles. The molecule has 1 heterocycles. The second-order valence-electron chi connectivity index (χ2n) is 5.82. The van der Waals surface area contributed by atoms with Gasteiger partial charge in [-0.15, -0.1) is 0 Å². The molecule has 0 fully saturated rings. The van der Waals surface area contributed by atoms with Crippen LogP contribution in [0.1, 0.15) is 17.7 Å². The summed E-state index contributed by atoms with van der Waals surface area (Å²) in [5, 5.41) is 4.04. The van der Waals surface area contributed by atoms with Crippen LogP contribution in [-0.2, 0) is 11.2 Å². The Labute approximate surface area is 131 Å². The van der Waals surface area contributed by atoms with Crippen molar-refractivity contribution >= 4 is 16.8 Å². The number of carbonyl (C=O) groups excluding carboxylic acids is 1. The topological polar surface area (TPSA) is 57.4 Å².